The van der Waals surface area contributed by atoms with Gasteiger partial charge in [0.05, 0.1) is 23.7 Å². The molecule has 1 aliphatic carbocycles. The molecule has 0 radical (unpaired) electrons. The smallest absolute Gasteiger partial charge is 0.251 e. The minimum absolute atomic E-state index is 0.00670. The van der Waals surface area contributed by atoms with Crippen LogP contribution in [0.3, 0.4) is 0 Å². The van der Waals surface area contributed by atoms with Gasteiger partial charge < -0.3 is 19.9 Å². The van der Waals surface area contributed by atoms with E-state index in [1.165, 1.54) is 0 Å². The van der Waals surface area contributed by atoms with Crippen LogP contribution in [0.2, 0.25) is 0 Å². The van der Waals surface area contributed by atoms with Crippen LogP contribution >= 0.6 is 0 Å². The molecule has 1 aliphatic rings. The van der Waals surface area contributed by atoms with Gasteiger partial charge in [-0.3, -0.25) is 4.79 Å². The van der Waals surface area contributed by atoms with Gasteiger partial charge >= 0.3 is 0 Å². The molecule has 0 saturated heterocycles. The van der Waals surface area contributed by atoms with Crippen molar-refractivity contribution >= 4 is 22.6 Å². The summed E-state index contributed by atoms with van der Waals surface area (Å²) in [7, 11) is 3.79. The third-order valence-electron chi connectivity index (χ3n) is 5.82. The number of methoxy groups -OCH3 is 1. The predicted octanol–water partition coefficient (Wildman–Crippen LogP) is 3.87. The van der Waals surface area contributed by atoms with Gasteiger partial charge in [0.1, 0.15) is 5.82 Å². The number of ether oxygens (including phenoxy) is 1. The zero-order valence-corrected chi connectivity index (χ0v) is 17.0. The third-order valence-corrected chi connectivity index (χ3v) is 5.82. The summed E-state index contributed by atoms with van der Waals surface area (Å²) in [5, 5.41) is 6.54. The van der Waals surface area contributed by atoms with Gasteiger partial charge in [0.2, 0.25) is 0 Å². The average Bonchev–Trinajstić information content (AvgIpc) is 3.09. The van der Waals surface area contributed by atoms with E-state index in [0.717, 1.165) is 48.2 Å². The third kappa shape index (κ3) is 4.43. The molecule has 29 heavy (non-hydrogen) atoms. The number of amides is 1. The SMILES string of the molecule is COC1CCC(NC(=O)c2ccc(NCc3nc4ccccc4n3C)cc2)CC1. The summed E-state index contributed by atoms with van der Waals surface area (Å²) in [6, 6.07) is 16.0. The summed E-state index contributed by atoms with van der Waals surface area (Å²) in [6.45, 7) is 0.624. The molecule has 1 amide bonds. The second-order valence-electron chi connectivity index (χ2n) is 7.69. The van der Waals surface area contributed by atoms with Gasteiger partial charge in [-0.1, -0.05) is 12.1 Å². The number of aromatic nitrogens is 2. The number of benzene rings is 2. The molecule has 1 saturated carbocycles. The van der Waals surface area contributed by atoms with Gasteiger partial charge in [-0.05, 0) is 62.1 Å². The van der Waals surface area contributed by atoms with Crippen LogP contribution in [0.5, 0.6) is 0 Å². The second kappa shape index (κ2) is 8.66. The van der Waals surface area contributed by atoms with Crippen LogP contribution in [-0.4, -0.2) is 34.7 Å². The first-order valence-electron chi connectivity index (χ1n) is 10.2. The van der Waals surface area contributed by atoms with E-state index in [-0.39, 0.29) is 11.9 Å². The summed E-state index contributed by atoms with van der Waals surface area (Å²) >= 11 is 0. The molecule has 1 aromatic heterocycles. The Morgan fingerprint density at radius 3 is 2.52 bits per heavy atom. The first-order chi connectivity index (χ1) is 14.1. The maximum atomic E-state index is 12.5. The fourth-order valence-electron chi connectivity index (χ4n) is 3.99. The number of hydrogen-bond acceptors (Lipinski definition) is 4. The first-order valence-corrected chi connectivity index (χ1v) is 10.2. The normalized spacial score (nSPS) is 19.2. The molecule has 1 fully saturated rings. The number of carbonyl (C=O) groups is 1. The lowest BCUT2D eigenvalue weighted by Crippen LogP contribution is -2.38. The number of anilines is 1. The Balaban J connectivity index is 1.33. The van der Waals surface area contributed by atoms with Crippen LogP contribution in [-0.2, 0) is 18.3 Å². The first kappa shape index (κ1) is 19.5. The van der Waals surface area contributed by atoms with E-state index in [1.54, 1.807) is 7.11 Å². The lowest BCUT2D eigenvalue weighted by atomic mass is 9.93. The number of fused-ring (bicyclic) bond motifs is 1. The van der Waals surface area contributed by atoms with Gasteiger partial charge in [0.25, 0.3) is 5.91 Å². The van der Waals surface area contributed by atoms with E-state index in [1.807, 2.05) is 49.5 Å². The Labute approximate surface area is 171 Å². The zero-order chi connectivity index (χ0) is 20.2. The van der Waals surface area contributed by atoms with Crippen LogP contribution < -0.4 is 10.6 Å². The van der Waals surface area contributed by atoms with Crippen LogP contribution in [0, 0.1) is 0 Å². The highest BCUT2D eigenvalue weighted by molar-refractivity contribution is 5.94. The molecule has 3 aromatic rings. The van der Waals surface area contributed by atoms with Crippen molar-refractivity contribution in [1.82, 2.24) is 14.9 Å². The Morgan fingerprint density at radius 1 is 1.10 bits per heavy atom. The van der Waals surface area contributed by atoms with Gasteiger partial charge in [-0.25, -0.2) is 4.98 Å². The maximum Gasteiger partial charge on any atom is 0.251 e. The fourth-order valence-corrected chi connectivity index (χ4v) is 3.99. The van der Waals surface area contributed by atoms with Crippen molar-refractivity contribution in [2.45, 2.75) is 44.4 Å². The Bertz CT molecular complexity index is 972. The summed E-state index contributed by atoms with van der Waals surface area (Å²) in [5.74, 6) is 0.965. The number of imidazole rings is 1. The van der Waals surface area contributed by atoms with Crippen molar-refractivity contribution < 1.29 is 9.53 Å². The number of para-hydroxylation sites is 2. The predicted molar refractivity (Wildman–Crippen MR) is 115 cm³/mol. The minimum atomic E-state index is -0.00670. The van der Waals surface area contributed by atoms with Crippen molar-refractivity contribution in [3.63, 3.8) is 0 Å². The van der Waals surface area contributed by atoms with Crippen LogP contribution in [0.15, 0.2) is 48.5 Å². The quantitative estimate of drug-likeness (QED) is 0.668. The van der Waals surface area contributed by atoms with Crippen molar-refractivity contribution in [1.29, 1.82) is 0 Å². The highest BCUT2D eigenvalue weighted by Gasteiger charge is 2.22. The molecule has 6 nitrogen and oxygen atoms in total. The maximum absolute atomic E-state index is 12.5. The lowest BCUT2D eigenvalue weighted by molar-refractivity contribution is 0.0599. The van der Waals surface area contributed by atoms with Crippen molar-refractivity contribution in [2.24, 2.45) is 7.05 Å². The molecular formula is C23H28N4O2. The molecule has 0 aliphatic heterocycles. The van der Waals surface area contributed by atoms with E-state index < -0.39 is 0 Å². The summed E-state index contributed by atoms with van der Waals surface area (Å²) in [4.78, 5) is 17.2. The standard InChI is InChI=1S/C23H28N4O2/c1-27-21-6-4-3-5-20(21)26-22(27)15-24-17-9-7-16(8-10-17)23(28)25-18-11-13-19(29-2)14-12-18/h3-10,18-19,24H,11-15H2,1-2H3,(H,25,28). The number of nitrogens with zero attached hydrogens (tertiary/aromatic N) is 2. The van der Waals surface area contributed by atoms with Gasteiger partial charge in [-0.2, -0.15) is 0 Å². The number of hydrogen-bond donors (Lipinski definition) is 2. The number of nitrogens with one attached hydrogen (secondary N) is 2. The molecule has 0 unspecified atom stereocenters. The lowest BCUT2D eigenvalue weighted by Gasteiger charge is -2.28. The molecule has 1 heterocycles. The van der Waals surface area contributed by atoms with Crippen molar-refractivity contribution in [2.75, 3.05) is 12.4 Å². The van der Waals surface area contributed by atoms with E-state index in [9.17, 15) is 4.79 Å². The summed E-state index contributed by atoms with van der Waals surface area (Å²) < 4.78 is 7.50. The number of aryl methyl sites for hydroxylation is 1. The molecule has 0 bridgehead atoms. The average molecular weight is 393 g/mol. The Hall–Kier alpha value is -2.86. The van der Waals surface area contributed by atoms with Crippen molar-refractivity contribution in [3.05, 3.63) is 59.9 Å². The molecule has 0 atom stereocenters. The summed E-state index contributed by atoms with van der Waals surface area (Å²) in [6.07, 6.45) is 4.30. The molecule has 6 heteroatoms. The Morgan fingerprint density at radius 2 is 1.83 bits per heavy atom. The highest BCUT2D eigenvalue weighted by atomic mass is 16.5. The van der Waals surface area contributed by atoms with Gasteiger partial charge in [0.15, 0.2) is 0 Å². The van der Waals surface area contributed by atoms with Crippen LogP contribution in [0.4, 0.5) is 5.69 Å². The van der Waals surface area contributed by atoms with Gasteiger partial charge in [0, 0.05) is 31.5 Å². The molecular weight excluding hydrogens is 364 g/mol. The van der Waals surface area contributed by atoms with E-state index in [4.69, 9.17) is 4.74 Å². The number of carbonyl (C=O) groups excluding carboxylic acids is 1. The van der Waals surface area contributed by atoms with Gasteiger partial charge in [-0.15, -0.1) is 0 Å². The number of rotatable bonds is 6. The fraction of sp³-hybridized carbons (Fsp3) is 0.391. The second-order valence-corrected chi connectivity index (χ2v) is 7.69. The highest BCUT2D eigenvalue weighted by Crippen LogP contribution is 2.21. The molecule has 152 valence electrons. The van der Waals surface area contributed by atoms with E-state index >= 15 is 0 Å². The van der Waals surface area contributed by atoms with Crippen molar-refractivity contribution in [3.8, 4) is 0 Å². The molecule has 2 N–H and O–H groups in total. The van der Waals surface area contributed by atoms with E-state index in [0.29, 0.717) is 18.2 Å². The molecule has 2 aromatic carbocycles. The Kier molecular flexibility index (Phi) is 5.81. The van der Waals surface area contributed by atoms with Crippen LogP contribution in [0.25, 0.3) is 11.0 Å². The zero-order valence-electron chi connectivity index (χ0n) is 17.0. The molecule has 4 rings (SSSR count). The van der Waals surface area contributed by atoms with E-state index in [2.05, 4.69) is 26.3 Å². The van der Waals surface area contributed by atoms with Crippen LogP contribution in [0.1, 0.15) is 41.9 Å². The minimum Gasteiger partial charge on any atom is -0.381 e. The molecule has 0 spiro atoms. The summed E-state index contributed by atoms with van der Waals surface area (Å²) in [5.41, 5.74) is 3.77. The monoisotopic (exact) mass is 392 g/mol. The largest absolute Gasteiger partial charge is 0.381 e. The topological polar surface area (TPSA) is 68.2 Å².